The Kier molecular flexibility index (Phi) is 3.67. The van der Waals surface area contributed by atoms with Crippen LogP contribution in [0.25, 0.3) is 0 Å². The lowest BCUT2D eigenvalue weighted by Crippen LogP contribution is -2.18. The molecule has 0 aliphatic heterocycles. The lowest BCUT2D eigenvalue weighted by atomic mass is 10.5. The highest BCUT2D eigenvalue weighted by atomic mass is 15.0. The molecule has 0 aromatic carbocycles. The second kappa shape index (κ2) is 5.06. The van der Waals surface area contributed by atoms with E-state index >= 15 is 0 Å². The first-order valence-corrected chi connectivity index (χ1v) is 3.97. The van der Waals surface area contributed by atoms with Gasteiger partial charge in [-0.2, -0.15) is 5.26 Å². The minimum atomic E-state index is 0.333. The maximum absolute atomic E-state index is 8.46. The van der Waals surface area contributed by atoms with E-state index in [1.54, 1.807) is 6.20 Å². The Labute approximate surface area is 76.8 Å². The first kappa shape index (κ1) is 9.42. The van der Waals surface area contributed by atoms with Crippen LogP contribution in [0.15, 0.2) is 12.4 Å². The van der Waals surface area contributed by atoms with E-state index in [9.17, 15) is 0 Å². The summed E-state index contributed by atoms with van der Waals surface area (Å²) in [5, 5.41) is 14.5. The summed E-state index contributed by atoms with van der Waals surface area (Å²) in [5.41, 5.74) is 0.333. The molecule has 0 unspecified atom stereocenters. The maximum atomic E-state index is 8.46. The number of anilines is 1. The van der Waals surface area contributed by atoms with Gasteiger partial charge in [-0.3, -0.25) is 0 Å². The molecule has 0 saturated carbocycles. The smallest absolute Gasteiger partial charge is 0.158 e. The zero-order valence-corrected chi connectivity index (χ0v) is 7.41. The fourth-order valence-electron chi connectivity index (χ4n) is 0.793. The largest absolute Gasteiger partial charge is 0.368 e. The number of aromatic nitrogens is 2. The maximum Gasteiger partial charge on any atom is 0.158 e. The van der Waals surface area contributed by atoms with Gasteiger partial charge in [0.05, 0.1) is 12.4 Å². The number of rotatable bonds is 4. The van der Waals surface area contributed by atoms with Crippen molar-refractivity contribution in [1.29, 1.82) is 5.26 Å². The second-order valence-corrected chi connectivity index (χ2v) is 2.43. The minimum Gasteiger partial charge on any atom is -0.368 e. The van der Waals surface area contributed by atoms with E-state index < -0.39 is 0 Å². The van der Waals surface area contributed by atoms with Crippen LogP contribution < -0.4 is 10.6 Å². The van der Waals surface area contributed by atoms with Gasteiger partial charge in [0.15, 0.2) is 5.69 Å². The predicted octanol–water partition coefficient (Wildman–Crippen LogP) is -0.0204. The molecule has 0 atom stereocenters. The third-order valence-electron chi connectivity index (χ3n) is 1.45. The number of nitrogens with zero attached hydrogens (tertiary/aromatic N) is 3. The van der Waals surface area contributed by atoms with Crippen LogP contribution in [0.1, 0.15) is 5.69 Å². The number of likely N-dealkylation sites (N-methyl/N-ethyl adjacent to an activating group) is 1. The van der Waals surface area contributed by atoms with E-state index in [4.69, 9.17) is 5.26 Å². The Morgan fingerprint density at radius 2 is 2.23 bits per heavy atom. The van der Waals surface area contributed by atoms with Gasteiger partial charge in [0.25, 0.3) is 0 Å². The molecular formula is C8H11N5. The highest BCUT2D eigenvalue weighted by Crippen LogP contribution is 1.98. The van der Waals surface area contributed by atoms with E-state index in [2.05, 4.69) is 20.6 Å². The molecule has 1 aromatic heterocycles. The van der Waals surface area contributed by atoms with Gasteiger partial charge in [0, 0.05) is 13.1 Å². The van der Waals surface area contributed by atoms with Crippen LogP contribution in [-0.2, 0) is 0 Å². The van der Waals surface area contributed by atoms with Gasteiger partial charge in [0.2, 0.25) is 0 Å². The average Bonchev–Trinajstić information content (AvgIpc) is 2.19. The molecular weight excluding hydrogens is 166 g/mol. The highest BCUT2D eigenvalue weighted by Gasteiger charge is 1.94. The molecule has 1 rings (SSSR count). The molecule has 0 bridgehead atoms. The Hall–Kier alpha value is -1.67. The van der Waals surface area contributed by atoms with Crippen LogP contribution in [0.3, 0.4) is 0 Å². The molecule has 0 aliphatic carbocycles. The fourth-order valence-corrected chi connectivity index (χ4v) is 0.793. The van der Waals surface area contributed by atoms with Crippen molar-refractivity contribution in [2.24, 2.45) is 0 Å². The number of hydrogen-bond donors (Lipinski definition) is 2. The molecule has 13 heavy (non-hydrogen) atoms. The predicted molar refractivity (Wildman–Crippen MR) is 49.2 cm³/mol. The SMILES string of the molecule is CNCCNc1cnc(C#N)cn1. The third kappa shape index (κ3) is 3.05. The Morgan fingerprint density at radius 3 is 2.77 bits per heavy atom. The minimum absolute atomic E-state index is 0.333. The van der Waals surface area contributed by atoms with Gasteiger partial charge in [-0.25, -0.2) is 9.97 Å². The molecule has 1 aromatic rings. The van der Waals surface area contributed by atoms with E-state index in [1.165, 1.54) is 6.20 Å². The lowest BCUT2D eigenvalue weighted by Gasteiger charge is -2.03. The first-order chi connectivity index (χ1) is 6.36. The number of nitrogens with one attached hydrogen (secondary N) is 2. The molecule has 5 nitrogen and oxygen atoms in total. The van der Waals surface area contributed by atoms with Gasteiger partial charge in [0.1, 0.15) is 11.9 Å². The standard InChI is InChI=1S/C8H11N5/c1-10-2-3-11-8-6-12-7(4-9)5-13-8/h5-6,10H,2-3H2,1H3,(H,11,13). The van der Waals surface area contributed by atoms with Crippen LogP contribution >= 0.6 is 0 Å². The summed E-state index contributed by atoms with van der Waals surface area (Å²) in [6.07, 6.45) is 3.00. The summed E-state index contributed by atoms with van der Waals surface area (Å²) >= 11 is 0. The molecule has 0 spiro atoms. The van der Waals surface area contributed by atoms with Crippen LogP contribution in [-0.4, -0.2) is 30.1 Å². The van der Waals surface area contributed by atoms with Crippen molar-refractivity contribution in [3.05, 3.63) is 18.1 Å². The molecule has 68 valence electrons. The van der Waals surface area contributed by atoms with E-state index in [0.29, 0.717) is 11.5 Å². The first-order valence-electron chi connectivity index (χ1n) is 3.97. The fraction of sp³-hybridized carbons (Fsp3) is 0.375. The van der Waals surface area contributed by atoms with Crippen LogP contribution in [0.2, 0.25) is 0 Å². The van der Waals surface area contributed by atoms with E-state index in [0.717, 1.165) is 13.1 Å². The second-order valence-electron chi connectivity index (χ2n) is 2.43. The number of hydrogen-bond acceptors (Lipinski definition) is 5. The summed E-state index contributed by atoms with van der Waals surface area (Å²) in [7, 11) is 1.88. The quantitative estimate of drug-likeness (QED) is 0.632. The zero-order chi connectivity index (χ0) is 9.52. The summed E-state index contributed by atoms with van der Waals surface area (Å²) in [5.74, 6) is 0.689. The van der Waals surface area contributed by atoms with E-state index in [1.807, 2.05) is 13.1 Å². The van der Waals surface area contributed by atoms with Crippen LogP contribution in [0, 0.1) is 11.3 Å². The normalized spacial score (nSPS) is 9.23. The summed E-state index contributed by atoms with van der Waals surface area (Å²) in [4.78, 5) is 7.87. The van der Waals surface area contributed by atoms with Crippen LogP contribution in [0.4, 0.5) is 5.82 Å². The summed E-state index contributed by atoms with van der Waals surface area (Å²) < 4.78 is 0. The van der Waals surface area contributed by atoms with Gasteiger partial charge in [-0.15, -0.1) is 0 Å². The lowest BCUT2D eigenvalue weighted by molar-refractivity contribution is 0.820. The van der Waals surface area contributed by atoms with Crippen molar-refractivity contribution in [1.82, 2.24) is 15.3 Å². The van der Waals surface area contributed by atoms with Gasteiger partial charge in [-0.1, -0.05) is 0 Å². The topological polar surface area (TPSA) is 73.6 Å². The molecule has 0 fully saturated rings. The van der Waals surface area contributed by atoms with Crippen molar-refractivity contribution >= 4 is 5.82 Å². The monoisotopic (exact) mass is 177 g/mol. The van der Waals surface area contributed by atoms with Crippen molar-refractivity contribution in [2.75, 3.05) is 25.5 Å². The molecule has 0 aliphatic rings. The van der Waals surface area contributed by atoms with Crippen molar-refractivity contribution in [3.63, 3.8) is 0 Å². The summed E-state index contributed by atoms with van der Waals surface area (Å²) in [6, 6.07) is 1.91. The van der Waals surface area contributed by atoms with Crippen molar-refractivity contribution in [3.8, 4) is 6.07 Å². The third-order valence-corrected chi connectivity index (χ3v) is 1.45. The highest BCUT2D eigenvalue weighted by molar-refractivity contribution is 5.32. The molecule has 1 heterocycles. The van der Waals surface area contributed by atoms with Gasteiger partial charge < -0.3 is 10.6 Å². The molecule has 2 N–H and O–H groups in total. The van der Waals surface area contributed by atoms with Crippen molar-refractivity contribution in [2.45, 2.75) is 0 Å². The zero-order valence-electron chi connectivity index (χ0n) is 7.41. The van der Waals surface area contributed by atoms with Crippen molar-refractivity contribution < 1.29 is 0 Å². The van der Waals surface area contributed by atoms with Crippen LogP contribution in [0.5, 0.6) is 0 Å². The number of nitriles is 1. The molecule has 5 heteroatoms. The van der Waals surface area contributed by atoms with Gasteiger partial charge in [-0.05, 0) is 7.05 Å². The Balaban J connectivity index is 2.46. The summed E-state index contributed by atoms with van der Waals surface area (Å²) in [6.45, 7) is 1.65. The molecule has 0 saturated heterocycles. The molecule has 0 amide bonds. The van der Waals surface area contributed by atoms with E-state index in [-0.39, 0.29) is 0 Å². The molecule has 0 radical (unpaired) electrons. The Morgan fingerprint density at radius 1 is 1.38 bits per heavy atom. The van der Waals surface area contributed by atoms with Gasteiger partial charge >= 0.3 is 0 Å². The average molecular weight is 177 g/mol. The Bertz CT molecular complexity index is 286.